The molecule has 1 nitrogen and oxygen atoms in total. The van der Waals surface area contributed by atoms with Crippen molar-refractivity contribution in [2.24, 2.45) is 17.8 Å². The molecule has 0 saturated heterocycles. The van der Waals surface area contributed by atoms with Crippen molar-refractivity contribution in [3.8, 4) is 0 Å². The van der Waals surface area contributed by atoms with Crippen LogP contribution in [0, 0.1) is 17.8 Å². The fraction of sp³-hybridized carbons (Fsp3) is 1.00. The summed E-state index contributed by atoms with van der Waals surface area (Å²) < 4.78 is 0. The van der Waals surface area contributed by atoms with Gasteiger partial charge in [-0.05, 0) is 31.2 Å². The molecule has 0 heterocycles. The second kappa shape index (κ2) is 3.57. The molecule has 1 rings (SSSR count). The minimum absolute atomic E-state index is 0.764. The highest BCUT2D eigenvalue weighted by atomic mass is 14.9. The van der Waals surface area contributed by atoms with E-state index in [4.69, 9.17) is 0 Å². The standard InChI is InChI=1S/C10H21N/c1-5-8-6-9(8)10(11-4)7(2)3/h7-11H,5-6H2,1-4H3/t8-,9-,10?/m1/s1. The monoisotopic (exact) mass is 155 g/mol. The summed E-state index contributed by atoms with van der Waals surface area (Å²) in [5.74, 6) is 2.79. The first kappa shape index (κ1) is 9.05. The van der Waals surface area contributed by atoms with Gasteiger partial charge in [0.15, 0.2) is 0 Å². The lowest BCUT2D eigenvalue weighted by atomic mass is 9.98. The van der Waals surface area contributed by atoms with Gasteiger partial charge in [0.05, 0.1) is 0 Å². The predicted molar refractivity (Wildman–Crippen MR) is 49.6 cm³/mol. The van der Waals surface area contributed by atoms with E-state index in [1.54, 1.807) is 0 Å². The minimum atomic E-state index is 0.764. The lowest BCUT2D eigenvalue weighted by molar-refractivity contribution is 0.367. The Labute approximate surface area is 70.6 Å². The van der Waals surface area contributed by atoms with Gasteiger partial charge in [-0.3, -0.25) is 0 Å². The smallest absolute Gasteiger partial charge is 0.0118 e. The molecule has 0 bridgehead atoms. The zero-order chi connectivity index (χ0) is 8.43. The third-order valence-electron chi connectivity index (χ3n) is 3.01. The Hall–Kier alpha value is -0.0400. The van der Waals surface area contributed by atoms with E-state index in [1.807, 2.05) is 0 Å². The molecule has 1 fully saturated rings. The maximum Gasteiger partial charge on any atom is 0.0118 e. The number of hydrogen-bond donors (Lipinski definition) is 1. The summed E-state index contributed by atoms with van der Waals surface area (Å²) in [5, 5.41) is 3.43. The molecule has 66 valence electrons. The van der Waals surface area contributed by atoms with Gasteiger partial charge in [0.25, 0.3) is 0 Å². The molecule has 1 saturated carbocycles. The van der Waals surface area contributed by atoms with E-state index in [0.717, 1.165) is 23.8 Å². The van der Waals surface area contributed by atoms with E-state index in [9.17, 15) is 0 Å². The number of hydrogen-bond acceptors (Lipinski definition) is 1. The Bertz CT molecular complexity index is 120. The van der Waals surface area contributed by atoms with Crippen LogP contribution < -0.4 is 5.32 Å². The van der Waals surface area contributed by atoms with Crippen molar-refractivity contribution < 1.29 is 0 Å². The van der Waals surface area contributed by atoms with Gasteiger partial charge < -0.3 is 5.32 Å². The third kappa shape index (κ3) is 1.96. The van der Waals surface area contributed by atoms with Gasteiger partial charge in [0.1, 0.15) is 0 Å². The molecule has 3 atom stereocenters. The number of rotatable bonds is 4. The molecular formula is C10H21N. The highest BCUT2D eigenvalue weighted by Crippen LogP contribution is 2.45. The highest BCUT2D eigenvalue weighted by Gasteiger charge is 2.41. The van der Waals surface area contributed by atoms with E-state index in [2.05, 4.69) is 33.1 Å². The molecular weight excluding hydrogens is 134 g/mol. The van der Waals surface area contributed by atoms with E-state index >= 15 is 0 Å². The first-order valence-corrected chi connectivity index (χ1v) is 4.88. The molecule has 0 aromatic carbocycles. The summed E-state index contributed by atoms with van der Waals surface area (Å²) in [7, 11) is 2.09. The summed E-state index contributed by atoms with van der Waals surface area (Å²) >= 11 is 0. The van der Waals surface area contributed by atoms with Crippen molar-refractivity contribution in [2.75, 3.05) is 7.05 Å². The minimum Gasteiger partial charge on any atom is -0.316 e. The summed E-state index contributed by atoms with van der Waals surface area (Å²) in [4.78, 5) is 0. The summed E-state index contributed by atoms with van der Waals surface area (Å²) in [5.41, 5.74) is 0. The first-order valence-electron chi connectivity index (χ1n) is 4.88. The molecule has 1 N–H and O–H groups in total. The van der Waals surface area contributed by atoms with Crippen molar-refractivity contribution in [2.45, 2.75) is 39.7 Å². The lowest BCUT2D eigenvalue weighted by Crippen LogP contribution is -2.33. The van der Waals surface area contributed by atoms with Gasteiger partial charge in [-0.25, -0.2) is 0 Å². The van der Waals surface area contributed by atoms with Crippen molar-refractivity contribution in [1.82, 2.24) is 5.32 Å². The van der Waals surface area contributed by atoms with Gasteiger partial charge in [-0.15, -0.1) is 0 Å². The van der Waals surface area contributed by atoms with Gasteiger partial charge in [0.2, 0.25) is 0 Å². The largest absolute Gasteiger partial charge is 0.316 e. The third-order valence-corrected chi connectivity index (χ3v) is 3.01. The van der Waals surface area contributed by atoms with Crippen molar-refractivity contribution in [1.29, 1.82) is 0 Å². The fourth-order valence-electron chi connectivity index (χ4n) is 2.22. The molecule has 1 aliphatic rings. The van der Waals surface area contributed by atoms with Crippen molar-refractivity contribution in [3.05, 3.63) is 0 Å². The summed E-state index contributed by atoms with van der Waals surface area (Å²) in [6.45, 7) is 6.93. The Morgan fingerprint density at radius 3 is 2.36 bits per heavy atom. The van der Waals surface area contributed by atoms with Crippen LogP contribution >= 0.6 is 0 Å². The van der Waals surface area contributed by atoms with Gasteiger partial charge in [0, 0.05) is 6.04 Å². The van der Waals surface area contributed by atoms with Crippen LogP contribution in [0.1, 0.15) is 33.6 Å². The Kier molecular flexibility index (Phi) is 2.94. The highest BCUT2D eigenvalue weighted by molar-refractivity contribution is 4.94. The maximum absolute atomic E-state index is 3.43. The van der Waals surface area contributed by atoms with E-state index in [-0.39, 0.29) is 0 Å². The number of nitrogens with one attached hydrogen (secondary N) is 1. The van der Waals surface area contributed by atoms with Crippen LogP contribution in [0.3, 0.4) is 0 Å². The first-order chi connectivity index (χ1) is 5.20. The van der Waals surface area contributed by atoms with Crippen LogP contribution in [0.5, 0.6) is 0 Å². The van der Waals surface area contributed by atoms with E-state index in [1.165, 1.54) is 12.8 Å². The molecule has 11 heavy (non-hydrogen) atoms. The zero-order valence-corrected chi connectivity index (χ0v) is 8.22. The van der Waals surface area contributed by atoms with Crippen LogP contribution in [-0.2, 0) is 0 Å². The zero-order valence-electron chi connectivity index (χ0n) is 8.22. The second-order valence-corrected chi connectivity index (χ2v) is 4.13. The molecule has 0 amide bonds. The fourth-order valence-corrected chi connectivity index (χ4v) is 2.22. The predicted octanol–water partition coefficient (Wildman–Crippen LogP) is 2.28. The summed E-state index contributed by atoms with van der Waals surface area (Å²) in [6, 6.07) is 0.764. The molecule has 0 aromatic heterocycles. The molecule has 1 aliphatic carbocycles. The van der Waals surface area contributed by atoms with Crippen LogP contribution in [0.25, 0.3) is 0 Å². The van der Waals surface area contributed by atoms with Crippen molar-refractivity contribution >= 4 is 0 Å². The van der Waals surface area contributed by atoms with Crippen LogP contribution in [-0.4, -0.2) is 13.1 Å². The molecule has 0 aliphatic heterocycles. The van der Waals surface area contributed by atoms with E-state index < -0.39 is 0 Å². The molecule has 0 radical (unpaired) electrons. The quantitative estimate of drug-likeness (QED) is 0.656. The molecule has 0 spiro atoms. The average molecular weight is 155 g/mol. The molecule has 0 aromatic rings. The Morgan fingerprint density at radius 1 is 1.45 bits per heavy atom. The maximum atomic E-state index is 3.43. The SMILES string of the molecule is CC[C@@H]1C[C@H]1C(NC)C(C)C. The molecule has 1 unspecified atom stereocenters. The van der Waals surface area contributed by atoms with Gasteiger partial charge in [-0.1, -0.05) is 27.2 Å². The van der Waals surface area contributed by atoms with Crippen LogP contribution in [0.2, 0.25) is 0 Å². The van der Waals surface area contributed by atoms with E-state index in [0.29, 0.717) is 0 Å². The average Bonchev–Trinajstić information content (AvgIpc) is 2.68. The van der Waals surface area contributed by atoms with Crippen LogP contribution in [0.15, 0.2) is 0 Å². The normalized spacial score (nSPS) is 32.5. The van der Waals surface area contributed by atoms with Gasteiger partial charge in [-0.2, -0.15) is 0 Å². The second-order valence-electron chi connectivity index (χ2n) is 4.13. The van der Waals surface area contributed by atoms with Crippen molar-refractivity contribution in [3.63, 3.8) is 0 Å². The van der Waals surface area contributed by atoms with Crippen LogP contribution in [0.4, 0.5) is 0 Å². The topological polar surface area (TPSA) is 12.0 Å². The molecule has 1 heteroatoms. The Balaban J connectivity index is 2.33. The lowest BCUT2D eigenvalue weighted by Gasteiger charge is -2.20. The Morgan fingerprint density at radius 2 is 2.09 bits per heavy atom. The van der Waals surface area contributed by atoms with Gasteiger partial charge >= 0.3 is 0 Å². The summed E-state index contributed by atoms with van der Waals surface area (Å²) in [6.07, 6.45) is 2.83.